The highest BCUT2D eigenvalue weighted by atomic mass is 19.3. The minimum absolute atomic E-state index is 0.189. The highest BCUT2D eigenvalue weighted by molar-refractivity contribution is 5.80. The van der Waals surface area contributed by atoms with Gasteiger partial charge in [0.15, 0.2) is 0 Å². The molecule has 7 heteroatoms. The van der Waals surface area contributed by atoms with Crippen molar-refractivity contribution in [2.75, 3.05) is 26.7 Å². The monoisotopic (exact) mass is 337 g/mol. The van der Waals surface area contributed by atoms with Gasteiger partial charge in [0, 0.05) is 30.6 Å². The number of hydrogen-bond donors (Lipinski definition) is 3. The van der Waals surface area contributed by atoms with Crippen LogP contribution in [-0.4, -0.2) is 37.7 Å². The lowest BCUT2D eigenvalue weighted by Gasteiger charge is -2.32. The molecular weight excluding hydrogens is 316 g/mol. The van der Waals surface area contributed by atoms with Crippen molar-refractivity contribution < 1.29 is 13.5 Å². The Bertz CT molecular complexity index is 776. The fourth-order valence-corrected chi connectivity index (χ4v) is 3.00. The van der Waals surface area contributed by atoms with Gasteiger partial charge in [-0.25, -0.2) is 8.78 Å². The Morgan fingerprint density at radius 2 is 2.21 bits per heavy atom. The van der Waals surface area contributed by atoms with Gasteiger partial charge in [-0.15, -0.1) is 0 Å². The van der Waals surface area contributed by atoms with Crippen molar-refractivity contribution in [3.8, 4) is 5.75 Å². The van der Waals surface area contributed by atoms with E-state index in [0.29, 0.717) is 29.8 Å². The molecule has 0 radical (unpaired) electrons. The molecule has 1 aromatic carbocycles. The van der Waals surface area contributed by atoms with Gasteiger partial charge in [-0.1, -0.05) is 0 Å². The number of alkyl halides is 2. The maximum Gasteiger partial charge on any atom is 0.264 e. The standard InChI is InChI=1S/C17H21F2N3O2/c1-24-14-3-2-11-6-12(16(23)22-15(11)7-14)8-21-9-13-4-5-20-10-17(13,18)19/h2-3,6-7,13,20-21H,4-5,8-10H2,1H3,(H,22,23). The number of rotatable bonds is 5. The molecule has 2 aromatic rings. The van der Waals surface area contributed by atoms with Crippen molar-refractivity contribution in [1.82, 2.24) is 15.6 Å². The first kappa shape index (κ1) is 16.9. The molecule has 1 aliphatic rings. The highest BCUT2D eigenvalue weighted by Gasteiger charge is 2.40. The SMILES string of the molecule is COc1ccc2cc(CNCC3CCNCC3(F)F)c(=O)[nH]c2c1. The van der Waals surface area contributed by atoms with Crippen LogP contribution >= 0.6 is 0 Å². The van der Waals surface area contributed by atoms with Gasteiger partial charge in [0.05, 0.1) is 19.2 Å². The molecule has 1 saturated heterocycles. The summed E-state index contributed by atoms with van der Waals surface area (Å²) in [4.78, 5) is 15.0. The third kappa shape index (κ3) is 3.57. The van der Waals surface area contributed by atoms with Crippen LogP contribution in [0.1, 0.15) is 12.0 Å². The first-order valence-electron chi connectivity index (χ1n) is 7.99. The fourth-order valence-electron chi connectivity index (χ4n) is 3.00. The van der Waals surface area contributed by atoms with Gasteiger partial charge in [-0.3, -0.25) is 4.79 Å². The lowest BCUT2D eigenvalue weighted by molar-refractivity contribution is -0.0721. The second-order valence-corrected chi connectivity index (χ2v) is 6.13. The molecule has 1 unspecified atom stereocenters. The molecule has 24 heavy (non-hydrogen) atoms. The quantitative estimate of drug-likeness (QED) is 0.779. The van der Waals surface area contributed by atoms with E-state index in [-0.39, 0.29) is 25.2 Å². The van der Waals surface area contributed by atoms with Crippen LogP contribution < -0.4 is 20.9 Å². The Labute approximate surface area is 138 Å². The highest BCUT2D eigenvalue weighted by Crippen LogP contribution is 2.28. The summed E-state index contributed by atoms with van der Waals surface area (Å²) in [5, 5.41) is 6.59. The third-order valence-corrected chi connectivity index (χ3v) is 4.46. The minimum atomic E-state index is -2.71. The van der Waals surface area contributed by atoms with Crippen molar-refractivity contribution in [2.24, 2.45) is 5.92 Å². The van der Waals surface area contributed by atoms with Crippen molar-refractivity contribution in [1.29, 1.82) is 0 Å². The number of fused-ring (bicyclic) bond motifs is 1. The van der Waals surface area contributed by atoms with E-state index in [2.05, 4.69) is 15.6 Å². The Morgan fingerprint density at radius 3 is 2.96 bits per heavy atom. The number of nitrogens with one attached hydrogen (secondary N) is 3. The number of aromatic amines is 1. The molecular formula is C17H21F2N3O2. The molecule has 1 aromatic heterocycles. The van der Waals surface area contributed by atoms with Crippen LogP contribution in [0.5, 0.6) is 5.75 Å². The summed E-state index contributed by atoms with van der Waals surface area (Å²) in [6.45, 7) is 0.768. The van der Waals surface area contributed by atoms with Gasteiger partial charge in [-0.05, 0) is 36.6 Å². The summed E-state index contributed by atoms with van der Waals surface area (Å²) in [5.41, 5.74) is 0.998. The van der Waals surface area contributed by atoms with Crippen molar-refractivity contribution in [3.63, 3.8) is 0 Å². The van der Waals surface area contributed by atoms with Gasteiger partial charge in [0.1, 0.15) is 5.75 Å². The molecule has 0 amide bonds. The van der Waals surface area contributed by atoms with Crippen molar-refractivity contribution in [2.45, 2.75) is 18.9 Å². The smallest absolute Gasteiger partial charge is 0.264 e. The molecule has 1 fully saturated rings. The largest absolute Gasteiger partial charge is 0.497 e. The second kappa shape index (κ2) is 6.86. The summed E-state index contributed by atoms with van der Waals surface area (Å²) in [6, 6.07) is 7.20. The first-order chi connectivity index (χ1) is 11.5. The summed E-state index contributed by atoms with van der Waals surface area (Å²) in [6.07, 6.45) is 0.424. The summed E-state index contributed by atoms with van der Waals surface area (Å²) >= 11 is 0. The molecule has 3 N–H and O–H groups in total. The number of hydrogen-bond acceptors (Lipinski definition) is 4. The number of ether oxygens (including phenoxy) is 1. The van der Waals surface area contributed by atoms with E-state index < -0.39 is 11.8 Å². The number of aromatic nitrogens is 1. The van der Waals surface area contributed by atoms with Crippen LogP contribution in [0.15, 0.2) is 29.1 Å². The van der Waals surface area contributed by atoms with Crippen molar-refractivity contribution >= 4 is 10.9 Å². The molecule has 3 rings (SSSR count). The zero-order valence-corrected chi connectivity index (χ0v) is 13.5. The molecule has 0 saturated carbocycles. The van der Waals surface area contributed by atoms with E-state index in [1.165, 1.54) is 0 Å². The Hall–Kier alpha value is -1.99. The number of benzene rings is 1. The molecule has 0 spiro atoms. The van der Waals surface area contributed by atoms with Gasteiger partial charge >= 0.3 is 0 Å². The normalized spacial score (nSPS) is 20.2. The van der Waals surface area contributed by atoms with Gasteiger partial charge in [0.25, 0.3) is 11.5 Å². The topological polar surface area (TPSA) is 66.2 Å². The number of pyridine rings is 1. The molecule has 2 heterocycles. The summed E-state index contributed by atoms with van der Waals surface area (Å²) < 4.78 is 32.7. The predicted molar refractivity (Wildman–Crippen MR) is 88.8 cm³/mol. The number of piperidine rings is 1. The lowest BCUT2D eigenvalue weighted by atomic mass is 9.94. The maximum atomic E-state index is 13.8. The average molecular weight is 337 g/mol. The Balaban J connectivity index is 1.69. The van der Waals surface area contributed by atoms with Crippen LogP contribution in [0.4, 0.5) is 8.78 Å². The number of halogens is 2. The van der Waals surface area contributed by atoms with E-state index in [9.17, 15) is 13.6 Å². The third-order valence-electron chi connectivity index (χ3n) is 4.46. The summed E-state index contributed by atoms with van der Waals surface area (Å²) in [5.74, 6) is -2.75. The van der Waals surface area contributed by atoms with Gasteiger partial charge < -0.3 is 20.4 Å². The van der Waals surface area contributed by atoms with Crippen LogP contribution in [0.3, 0.4) is 0 Å². The molecule has 1 aliphatic heterocycles. The zero-order chi connectivity index (χ0) is 17.2. The van der Waals surface area contributed by atoms with Crippen LogP contribution in [0, 0.1) is 5.92 Å². The predicted octanol–water partition coefficient (Wildman–Crippen LogP) is 1.87. The maximum absolute atomic E-state index is 13.8. The number of H-pyrrole nitrogens is 1. The minimum Gasteiger partial charge on any atom is -0.497 e. The summed E-state index contributed by atoms with van der Waals surface area (Å²) in [7, 11) is 1.56. The molecule has 5 nitrogen and oxygen atoms in total. The van der Waals surface area contributed by atoms with Gasteiger partial charge in [0.2, 0.25) is 0 Å². The molecule has 130 valence electrons. The van der Waals surface area contributed by atoms with Crippen LogP contribution in [0.2, 0.25) is 0 Å². The van der Waals surface area contributed by atoms with Crippen LogP contribution in [-0.2, 0) is 6.54 Å². The second-order valence-electron chi connectivity index (χ2n) is 6.13. The fraction of sp³-hybridized carbons (Fsp3) is 0.471. The molecule has 1 atom stereocenters. The Kier molecular flexibility index (Phi) is 4.82. The molecule has 0 aliphatic carbocycles. The van der Waals surface area contributed by atoms with Crippen LogP contribution in [0.25, 0.3) is 10.9 Å². The van der Waals surface area contributed by atoms with E-state index in [0.717, 1.165) is 5.39 Å². The molecule has 0 bridgehead atoms. The van der Waals surface area contributed by atoms with Gasteiger partial charge in [-0.2, -0.15) is 0 Å². The average Bonchev–Trinajstić information content (AvgIpc) is 2.56. The zero-order valence-electron chi connectivity index (χ0n) is 13.5. The lowest BCUT2D eigenvalue weighted by Crippen LogP contribution is -2.49. The van der Waals surface area contributed by atoms with E-state index in [4.69, 9.17) is 4.74 Å². The Morgan fingerprint density at radius 1 is 1.38 bits per heavy atom. The van der Waals surface area contributed by atoms with E-state index in [1.54, 1.807) is 19.2 Å². The number of methoxy groups -OCH3 is 1. The van der Waals surface area contributed by atoms with E-state index >= 15 is 0 Å². The first-order valence-corrected chi connectivity index (χ1v) is 7.99. The van der Waals surface area contributed by atoms with E-state index in [1.807, 2.05) is 12.1 Å². The van der Waals surface area contributed by atoms with Crippen molar-refractivity contribution in [3.05, 3.63) is 40.2 Å².